The van der Waals surface area contributed by atoms with Crippen LogP contribution in [-0.2, 0) is 6.54 Å². The summed E-state index contributed by atoms with van der Waals surface area (Å²) in [6, 6.07) is 5.72. The van der Waals surface area contributed by atoms with E-state index in [2.05, 4.69) is 27.2 Å². The van der Waals surface area contributed by atoms with E-state index in [0.29, 0.717) is 16.0 Å². The minimum Gasteiger partial charge on any atom is -0.356 e. The molecule has 1 N–H and O–H groups in total. The number of rotatable bonds is 4. The molecule has 0 aliphatic carbocycles. The fourth-order valence-corrected chi connectivity index (χ4v) is 3.12. The van der Waals surface area contributed by atoms with Gasteiger partial charge in [-0.2, -0.15) is 0 Å². The summed E-state index contributed by atoms with van der Waals surface area (Å²) in [6.07, 6.45) is 1.25. The third-order valence-corrected chi connectivity index (χ3v) is 4.75. The lowest BCUT2D eigenvalue weighted by Gasteiger charge is -2.23. The molecule has 1 atom stereocenters. The molecule has 1 aliphatic rings. The smallest absolute Gasteiger partial charge is 0.193 e. The van der Waals surface area contributed by atoms with Gasteiger partial charge in [0, 0.05) is 33.7 Å². The van der Waals surface area contributed by atoms with Gasteiger partial charge in [-0.1, -0.05) is 29.3 Å². The number of nitrogens with zero attached hydrogens (tertiary/aromatic N) is 3. The van der Waals surface area contributed by atoms with Gasteiger partial charge in [0.15, 0.2) is 5.96 Å². The third kappa shape index (κ3) is 6.29. The molecule has 130 valence electrons. The molecule has 1 aromatic rings. The maximum atomic E-state index is 6.07. The maximum Gasteiger partial charge on any atom is 0.193 e. The van der Waals surface area contributed by atoms with Gasteiger partial charge in [-0.15, -0.1) is 24.0 Å². The van der Waals surface area contributed by atoms with Crippen LogP contribution in [0.1, 0.15) is 12.0 Å². The summed E-state index contributed by atoms with van der Waals surface area (Å²) in [6.45, 7) is 4.04. The molecule has 0 spiro atoms. The summed E-state index contributed by atoms with van der Waals surface area (Å²) >= 11 is 12.0. The molecule has 1 aromatic carbocycles. The molecule has 0 radical (unpaired) electrons. The largest absolute Gasteiger partial charge is 0.356 e. The van der Waals surface area contributed by atoms with Crippen LogP contribution in [0.25, 0.3) is 0 Å². The minimum atomic E-state index is 0. The van der Waals surface area contributed by atoms with Gasteiger partial charge < -0.3 is 15.1 Å². The number of benzene rings is 1. The zero-order valence-electron chi connectivity index (χ0n) is 13.9. The molecule has 0 amide bonds. The van der Waals surface area contributed by atoms with Crippen LogP contribution in [0.2, 0.25) is 10.0 Å². The lowest BCUT2D eigenvalue weighted by atomic mass is 10.1. The van der Waals surface area contributed by atoms with Gasteiger partial charge in [0.25, 0.3) is 0 Å². The number of aliphatic imine (C=N–C) groups is 1. The lowest BCUT2D eigenvalue weighted by Crippen LogP contribution is -2.41. The van der Waals surface area contributed by atoms with Gasteiger partial charge in [0.1, 0.15) is 0 Å². The first-order valence-electron chi connectivity index (χ1n) is 7.54. The summed E-state index contributed by atoms with van der Waals surface area (Å²) in [4.78, 5) is 8.83. The summed E-state index contributed by atoms with van der Waals surface area (Å²) in [5.41, 5.74) is 1.11. The van der Waals surface area contributed by atoms with Gasteiger partial charge in [0.05, 0.1) is 10.0 Å². The van der Waals surface area contributed by atoms with Crippen LogP contribution in [0, 0.1) is 5.92 Å². The second kappa shape index (κ2) is 9.91. The highest BCUT2D eigenvalue weighted by atomic mass is 127. The van der Waals surface area contributed by atoms with Crippen molar-refractivity contribution in [1.82, 2.24) is 15.1 Å². The van der Waals surface area contributed by atoms with Gasteiger partial charge >= 0.3 is 0 Å². The van der Waals surface area contributed by atoms with E-state index in [0.717, 1.165) is 31.2 Å². The Morgan fingerprint density at radius 1 is 1.39 bits per heavy atom. The van der Waals surface area contributed by atoms with Crippen molar-refractivity contribution in [2.45, 2.75) is 13.0 Å². The SMILES string of the molecule is CN=C(NCC1CCN(C)C1)N(C)Cc1ccc(Cl)c(Cl)c1.I. The number of hydrogen-bond acceptors (Lipinski definition) is 2. The molecule has 0 bridgehead atoms. The predicted molar refractivity (Wildman–Crippen MR) is 110 cm³/mol. The quantitative estimate of drug-likeness (QED) is 0.414. The lowest BCUT2D eigenvalue weighted by molar-refractivity contribution is 0.390. The van der Waals surface area contributed by atoms with Crippen molar-refractivity contribution in [3.05, 3.63) is 33.8 Å². The fraction of sp³-hybridized carbons (Fsp3) is 0.562. The maximum absolute atomic E-state index is 6.07. The monoisotopic (exact) mass is 470 g/mol. The summed E-state index contributed by atoms with van der Waals surface area (Å²) in [5, 5.41) is 4.64. The van der Waals surface area contributed by atoms with E-state index in [1.165, 1.54) is 13.0 Å². The molecule has 0 saturated carbocycles. The van der Waals surface area contributed by atoms with Gasteiger partial charge in [0.2, 0.25) is 0 Å². The number of likely N-dealkylation sites (tertiary alicyclic amines) is 1. The normalized spacial score (nSPS) is 18.7. The molecule has 1 saturated heterocycles. The molecule has 1 unspecified atom stereocenters. The average Bonchev–Trinajstić information content (AvgIpc) is 2.89. The summed E-state index contributed by atoms with van der Waals surface area (Å²) < 4.78 is 0. The molecule has 0 aromatic heterocycles. The number of guanidine groups is 1. The van der Waals surface area contributed by atoms with Gasteiger partial charge in [-0.05, 0) is 43.6 Å². The Morgan fingerprint density at radius 2 is 2.13 bits per heavy atom. The fourth-order valence-electron chi connectivity index (χ4n) is 2.80. The Hall–Kier alpha value is -0.240. The van der Waals surface area contributed by atoms with E-state index in [-0.39, 0.29) is 24.0 Å². The van der Waals surface area contributed by atoms with Crippen molar-refractivity contribution >= 4 is 53.1 Å². The van der Waals surface area contributed by atoms with Crippen molar-refractivity contribution in [2.75, 3.05) is 40.8 Å². The van der Waals surface area contributed by atoms with Crippen LogP contribution in [0.5, 0.6) is 0 Å². The second-order valence-electron chi connectivity index (χ2n) is 5.95. The molecule has 4 nitrogen and oxygen atoms in total. The molecule has 1 fully saturated rings. The van der Waals surface area contributed by atoms with Crippen molar-refractivity contribution < 1.29 is 0 Å². The number of nitrogens with one attached hydrogen (secondary N) is 1. The van der Waals surface area contributed by atoms with E-state index in [4.69, 9.17) is 23.2 Å². The first-order chi connectivity index (χ1) is 10.5. The Kier molecular flexibility index (Phi) is 8.97. The van der Waals surface area contributed by atoms with Crippen LogP contribution >= 0.6 is 47.2 Å². The van der Waals surface area contributed by atoms with Crippen molar-refractivity contribution in [3.8, 4) is 0 Å². The Balaban J connectivity index is 0.00000264. The van der Waals surface area contributed by atoms with E-state index in [1.807, 2.05) is 32.3 Å². The highest BCUT2D eigenvalue weighted by molar-refractivity contribution is 14.0. The molecule has 1 heterocycles. The Morgan fingerprint density at radius 3 is 2.70 bits per heavy atom. The molecular weight excluding hydrogens is 446 g/mol. The zero-order valence-corrected chi connectivity index (χ0v) is 17.7. The summed E-state index contributed by atoms with van der Waals surface area (Å²) in [5.74, 6) is 1.60. The van der Waals surface area contributed by atoms with Crippen LogP contribution in [0.15, 0.2) is 23.2 Å². The van der Waals surface area contributed by atoms with Crippen LogP contribution < -0.4 is 5.32 Å². The van der Waals surface area contributed by atoms with Crippen LogP contribution in [0.3, 0.4) is 0 Å². The van der Waals surface area contributed by atoms with Crippen molar-refractivity contribution in [1.29, 1.82) is 0 Å². The number of hydrogen-bond donors (Lipinski definition) is 1. The highest BCUT2D eigenvalue weighted by Crippen LogP contribution is 2.23. The van der Waals surface area contributed by atoms with Crippen LogP contribution in [-0.4, -0.2) is 56.5 Å². The average molecular weight is 471 g/mol. The van der Waals surface area contributed by atoms with Gasteiger partial charge in [-0.25, -0.2) is 0 Å². The molecule has 1 aliphatic heterocycles. The van der Waals surface area contributed by atoms with Crippen molar-refractivity contribution in [3.63, 3.8) is 0 Å². The first kappa shape index (κ1) is 20.8. The van der Waals surface area contributed by atoms with Gasteiger partial charge in [-0.3, -0.25) is 4.99 Å². The van der Waals surface area contributed by atoms with E-state index in [9.17, 15) is 0 Å². The van der Waals surface area contributed by atoms with E-state index in [1.54, 1.807) is 0 Å². The minimum absolute atomic E-state index is 0. The van der Waals surface area contributed by atoms with Crippen molar-refractivity contribution in [2.24, 2.45) is 10.9 Å². The topological polar surface area (TPSA) is 30.9 Å². The summed E-state index contributed by atoms with van der Waals surface area (Å²) in [7, 11) is 6.01. The van der Waals surface area contributed by atoms with E-state index >= 15 is 0 Å². The van der Waals surface area contributed by atoms with Crippen LogP contribution in [0.4, 0.5) is 0 Å². The molecule has 2 rings (SSSR count). The second-order valence-corrected chi connectivity index (χ2v) is 6.76. The molecule has 7 heteroatoms. The highest BCUT2D eigenvalue weighted by Gasteiger charge is 2.20. The third-order valence-electron chi connectivity index (χ3n) is 4.01. The molecule has 23 heavy (non-hydrogen) atoms. The first-order valence-corrected chi connectivity index (χ1v) is 8.29. The predicted octanol–water partition coefficient (Wildman–Crippen LogP) is 3.57. The Bertz CT molecular complexity index is 539. The Labute approximate surface area is 166 Å². The zero-order chi connectivity index (χ0) is 16.1. The standard InChI is InChI=1S/C16H24Cl2N4.HI/c1-19-16(20-9-13-6-7-21(2)10-13)22(3)11-12-4-5-14(17)15(18)8-12;/h4-5,8,13H,6-7,9-11H2,1-3H3,(H,19,20);1H. The number of halogens is 3. The van der Waals surface area contributed by atoms with E-state index < -0.39 is 0 Å². The molecular formula is C16H25Cl2IN4.